The highest BCUT2D eigenvalue weighted by atomic mass is 16.5. The summed E-state index contributed by atoms with van der Waals surface area (Å²) in [5, 5.41) is 6.61. The Kier molecular flexibility index (Phi) is 6.05. The van der Waals surface area contributed by atoms with E-state index in [0.717, 1.165) is 23.7 Å². The zero-order valence-corrected chi connectivity index (χ0v) is 11.7. The van der Waals surface area contributed by atoms with Crippen LogP contribution in [0.15, 0.2) is 29.3 Å². The molecule has 2 N–H and O–H groups in total. The number of hydrogen-bond acceptors (Lipinski definition) is 2. The zero-order chi connectivity index (χ0) is 13.4. The van der Waals surface area contributed by atoms with Gasteiger partial charge in [-0.05, 0) is 19.4 Å². The fourth-order valence-corrected chi connectivity index (χ4v) is 1.56. The predicted octanol–water partition coefficient (Wildman–Crippen LogP) is 2.16. The fourth-order valence-electron chi connectivity index (χ4n) is 1.56. The van der Waals surface area contributed by atoms with E-state index in [1.165, 1.54) is 0 Å². The lowest BCUT2D eigenvalue weighted by molar-refractivity contribution is 0.409. The number of guanidine groups is 1. The average Bonchev–Trinajstić information content (AvgIpc) is 2.43. The van der Waals surface area contributed by atoms with Gasteiger partial charge in [0.1, 0.15) is 5.75 Å². The summed E-state index contributed by atoms with van der Waals surface area (Å²) in [6.45, 7) is 4.97. The van der Waals surface area contributed by atoms with Crippen molar-refractivity contribution in [2.75, 3.05) is 14.2 Å². The Morgan fingerprint density at radius 3 is 2.72 bits per heavy atom. The van der Waals surface area contributed by atoms with E-state index < -0.39 is 0 Å². The molecule has 0 radical (unpaired) electrons. The Morgan fingerprint density at radius 1 is 1.39 bits per heavy atom. The second-order valence-electron chi connectivity index (χ2n) is 4.19. The Labute approximate surface area is 109 Å². The van der Waals surface area contributed by atoms with Crippen molar-refractivity contribution in [3.63, 3.8) is 0 Å². The molecule has 100 valence electrons. The van der Waals surface area contributed by atoms with Crippen LogP contribution in [0.2, 0.25) is 0 Å². The molecule has 0 amide bonds. The van der Waals surface area contributed by atoms with E-state index in [1.807, 2.05) is 24.3 Å². The first kappa shape index (κ1) is 14.4. The molecule has 4 nitrogen and oxygen atoms in total. The average molecular weight is 249 g/mol. The van der Waals surface area contributed by atoms with Crippen molar-refractivity contribution >= 4 is 5.96 Å². The molecule has 1 aromatic rings. The number of nitrogens with one attached hydrogen (secondary N) is 2. The van der Waals surface area contributed by atoms with Crippen molar-refractivity contribution in [2.24, 2.45) is 4.99 Å². The number of rotatable bonds is 5. The minimum atomic E-state index is 0.411. The summed E-state index contributed by atoms with van der Waals surface area (Å²) in [6.07, 6.45) is 1.06. The van der Waals surface area contributed by atoms with Crippen molar-refractivity contribution in [2.45, 2.75) is 32.9 Å². The van der Waals surface area contributed by atoms with Gasteiger partial charge in [0.15, 0.2) is 5.96 Å². The van der Waals surface area contributed by atoms with Crippen LogP contribution in [0.5, 0.6) is 5.75 Å². The molecule has 0 saturated heterocycles. The molecular weight excluding hydrogens is 226 g/mol. The number of ether oxygens (including phenoxy) is 1. The Hall–Kier alpha value is -1.71. The first-order valence-corrected chi connectivity index (χ1v) is 6.30. The van der Waals surface area contributed by atoms with Gasteiger partial charge in [-0.1, -0.05) is 25.1 Å². The van der Waals surface area contributed by atoms with E-state index in [2.05, 4.69) is 29.5 Å². The Balaban J connectivity index is 2.57. The maximum absolute atomic E-state index is 5.31. The van der Waals surface area contributed by atoms with E-state index in [-0.39, 0.29) is 0 Å². The van der Waals surface area contributed by atoms with Crippen LogP contribution < -0.4 is 15.4 Å². The second kappa shape index (κ2) is 7.58. The van der Waals surface area contributed by atoms with Gasteiger partial charge in [-0.25, -0.2) is 0 Å². The van der Waals surface area contributed by atoms with Crippen LogP contribution >= 0.6 is 0 Å². The Bertz CT molecular complexity index is 390. The maximum atomic E-state index is 5.31. The smallest absolute Gasteiger partial charge is 0.191 e. The first-order valence-electron chi connectivity index (χ1n) is 6.30. The van der Waals surface area contributed by atoms with Crippen LogP contribution in [0, 0.1) is 0 Å². The van der Waals surface area contributed by atoms with Crippen LogP contribution in [0.1, 0.15) is 25.8 Å². The van der Waals surface area contributed by atoms with Gasteiger partial charge in [0, 0.05) is 25.2 Å². The monoisotopic (exact) mass is 249 g/mol. The van der Waals surface area contributed by atoms with Crippen molar-refractivity contribution in [3.8, 4) is 5.75 Å². The molecule has 18 heavy (non-hydrogen) atoms. The van der Waals surface area contributed by atoms with Gasteiger partial charge in [0.2, 0.25) is 0 Å². The largest absolute Gasteiger partial charge is 0.496 e. The molecule has 0 heterocycles. The van der Waals surface area contributed by atoms with E-state index in [0.29, 0.717) is 12.6 Å². The molecule has 0 aromatic heterocycles. The molecule has 1 rings (SSSR count). The predicted molar refractivity (Wildman–Crippen MR) is 76.1 cm³/mol. The highest BCUT2D eigenvalue weighted by Gasteiger charge is 2.05. The van der Waals surface area contributed by atoms with Gasteiger partial charge < -0.3 is 15.4 Å². The molecule has 4 heteroatoms. The molecule has 1 atom stereocenters. The third kappa shape index (κ3) is 4.28. The van der Waals surface area contributed by atoms with Crippen molar-refractivity contribution in [1.82, 2.24) is 10.6 Å². The van der Waals surface area contributed by atoms with E-state index in [4.69, 9.17) is 4.74 Å². The standard InChI is InChI=1S/C14H23N3O/c1-5-11(2)17-14(15-3)16-10-12-8-6-7-9-13(12)18-4/h6-9,11H,5,10H2,1-4H3,(H2,15,16,17). The van der Waals surface area contributed by atoms with E-state index >= 15 is 0 Å². The van der Waals surface area contributed by atoms with Gasteiger partial charge in [0.05, 0.1) is 7.11 Å². The lowest BCUT2D eigenvalue weighted by Crippen LogP contribution is -2.41. The third-order valence-corrected chi connectivity index (χ3v) is 2.86. The highest BCUT2D eigenvalue weighted by molar-refractivity contribution is 5.79. The molecular formula is C14H23N3O. The molecule has 0 spiro atoms. The molecule has 1 unspecified atom stereocenters. The van der Waals surface area contributed by atoms with Gasteiger partial charge in [-0.15, -0.1) is 0 Å². The SMILES string of the molecule is CCC(C)NC(=NC)NCc1ccccc1OC. The van der Waals surface area contributed by atoms with E-state index in [1.54, 1.807) is 14.2 Å². The number of methoxy groups -OCH3 is 1. The number of hydrogen-bond donors (Lipinski definition) is 2. The lowest BCUT2D eigenvalue weighted by atomic mass is 10.2. The van der Waals surface area contributed by atoms with Crippen molar-refractivity contribution in [1.29, 1.82) is 0 Å². The first-order chi connectivity index (χ1) is 8.71. The second-order valence-corrected chi connectivity index (χ2v) is 4.19. The summed E-state index contributed by atoms with van der Waals surface area (Å²) in [5.74, 6) is 1.71. The summed E-state index contributed by atoms with van der Waals surface area (Å²) in [6, 6.07) is 8.39. The molecule has 0 aliphatic heterocycles. The van der Waals surface area contributed by atoms with Gasteiger partial charge in [-0.3, -0.25) is 4.99 Å². The van der Waals surface area contributed by atoms with Crippen LogP contribution in [-0.2, 0) is 6.54 Å². The van der Waals surface area contributed by atoms with Gasteiger partial charge in [-0.2, -0.15) is 0 Å². The quantitative estimate of drug-likeness (QED) is 0.621. The van der Waals surface area contributed by atoms with Crippen LogP contribution in [0.25, 0.3) is 0 Å². The minimum Gasteiger partial charge on any atom is -0.496 e. The summed E-state index contributed by atoms with van der Waals surface area (Å²) in [5.41, 5.74) is 1.12. The molecule has 0 aliphatic rings. The van der Waals surface area contributed by atoms with Crippen LogP contribution in [0.4, 0.5) is 0 Å². The lowest BCUT2D eigenvalue weighted by Gasteiger charge is -2.17. The Morgan fingerprint density at radius 2 is 2.11 bits per heavy atom. The summed E-state index contributed by atoms with van der Waals surface area (Å²) in [7, 11) is 3.46. The minimum absolute atomic E-state index is 0.411. The van der Waals surface area contributed by atoms with Gasteiger partial charge in [0.25, 0.3) is 0 Å². The number of nitrogens with zero attached hydrogens (tertiary/aromatic N) is 1. The number of aliphatic imine (C=N–C) groups is 1. The van der Waals surface area contributed by atoms with E-state index in [9.17, 15) is 0 Å². The van der Waals surface area contributed by atoms with Gasteiger partial charge >= 0.3 is 0 Å². The topological polar surface area (TPSA) is 45.7 Å². The molecule has 0 saturated carbocycles. The summed E-state index contributed by atoms with van der Waals surface area (Å²) in [4.78, 5) is 4.20. The number of para-hydroxylation sites is 1. The molecule has 0 fully saturated rings. The number of benzene rings is 1. The molecule has 0 bridgehead atoms. The fraction of sp³-hybridized carbons (Fsp3) is 0.500. The summed E-state index contributed by atoms with van der Waals surface area (Å²) >= 11 is 0. The normalized spacial score (nSPS) is 13.0. The maximum Gasteiger partial charge on any atom is 0.191 e. The molecule has 1 aromatic carbocycles. The third-order valence-electron chi connectivity index (χ3n) is 2.86. The van der Waals surface area contributed by atoms with Crippen LogP contribution in [0.3, 0.4) is 0 Å². The molecule has 0 aliphatic carbocycles. The van der Waals surface area contributed by atoms with Crippen LogP contribution in [-0.4, -0.2) is 26.2 Å². The van der Waals surface area contributed by atoms with Crippen molar-refractivity contribution in [3.05, 3.63) is 29.8 Å². The summed E-state index contributed by atoms with van der Waals surface area (Å²) < 4.78 is 5.31. The van der Waals surface area contributed by atoms with Crippen molar-refractivity contribution < 1.29 is 4.74 Å². The highest BCUT2D eigenvalue weighted by Crippen LogP contribution is 2.16. The zero-order valence-electron chi connectivity index (χ0n) is 11.7.